The monoisotopic (exact) mass is 598 g/mol. The van der Waals surface area contributed by atoms with Crippen LogP contribution in [0.1, 0.15) is 37.5 Å². The molecule has 44 heavy (non-hydrogen) atoms. The largest absolute Gasteiger partial charge is 0.475 e. The lowest BCUT2D eigenvalue weighted by molar-refractivity contribution is 0.0240. The first-order valence-corrected chi connectivity index (χ1v) is 15.6. The third kappa shape index (κ3) is 6.54. The number of rotatable bonds is 6. The number of hydrogen-bond acceptors (Lipinski definition) is 9. The molecule has 3 aliphatic heterocycles. The third-order valence-corrected chi connectivity index (χ3v) is 8.54. The second kappa shape index (κ2) is 12.9. The number of hydrogen-bond donors (Lipinski definition) is 0. The van der Waals surface area contributed by atoms with Crippen LogP contribution in [0.2, 0.25) is 0 Å². The summed E-state index contributed by atoms with van der Waals surface area (Å²) in [6, 6.07) is 17.3. The molecule has 0 aliphatic carbocycles. The summed E-state index contributed by atoms with van der Waals surface area (Å²) >= 11 is 0. The van der Waals surface area contributed by atoms with Crippen molar-refractivity contribution in [1.82, 2.24) is 14.8 Å². The van der Waals surface area contributed by atoms with E-state index in [0.29, 0.717) is 50.8 Å². The quantitative estimate of drug-likeness (QED) is 0.408. The van der Waals surface area contributed by atoms with Gasteiger partial charge in [-0.15, -0.1) is 0 Å². The number of carbonyl (C=O) groups excluding carboxylic acids is 1. The Kier molecular flexibility index (Phi) is 8.78. The van der Waals surface area contributed by atoms with Gasteiger partial charge in [0.15, 0.2) is 0 Å². The topological polar surface area (TPSA) is 94.4 Å². The van der Waals surface area contributed by atoms with Gasteiger partial charge in [-0.3, -0.25) is 4.90 Å². The molecule has 1 aromatic heterocycles. The minimum absolute atomic E-state index is 0.287. The molecule has 4 heterocycles. The molecule has 0 radical (unpaired) electrons. The zero-order valence-electron chi connectivity index (χ0n) is 26.1. The van der Waals surface area contributed by atoms with Crippen LogP contribution in [0.5, 0.6) is 5.88 Å². The Hall–Kier alpha value is -4.07. The number of ether oxygens (including phenoxy) is 3. The number of anilines is 2. The minimum atomic E-state index is -0.536. The standard InChI is InChI=1S/C34H42N6O4/c1-34(2,3)44-33(41)39-15-13-38(14-16-39)31-27-11-12-40(30-10-6-8-25-7-4-5-9-26(25)30)24-29(27)28(23-35)32(36-31)43-22-19-37-17-20-42-21-18-37/h4-10H,11-22,24H2,1-3H3. The second-order valence-electron chi connectivity index (χ2n) is 12.6. The molecule has 0 unspecified atom stereocenters. The van der Waals surface area contributed by atoms with Gasteiger partial charge in [0.05, 0.1) is 13.2 Å². The summed E-state index contributed by atoms with van der Waals surface area (Å²) in [5, 5.41) is 12.9. The van der Waals surface area contributed by atoms with Gasteiger partial charge in [0.25, 0.3) is 0 Å². The molecule has 2 aromatic carbocycles. The van der Waals surface area contributed by atoms with Crippen molar-refractivity contribution in [2.45, 2.75) is 39.3 Å². The van der Waals surface area contributed by atoms with E-state index in [1.54, 1.807) is 4.90 Å². The van der Waals surface area contributed by atoms with E-state index in [1.807, 2.05) is 20.8 Å². The Morgan fingerprint density at radius 3 is 2.45 bits per heavy atom. The van der Waals surface area contributed by atoms with E-state index in [4.69, 9.17) is 19.2 Å². The molecule has 232 valence electrons. The van der Waals surface area contributed by atoms with E-state index in [1.165, 1.54) is 10.8 Å². The van der Waals surface area contributed by atoms with E-state index < -0.39 is 5.60 Å². The first-order valence-electron chi connectivity index (χ1n) is 15.6. The molecule has 0 saturated carbocycles. The highest BCUT2D eigenvalue weighted by molar-refractivity contribution is 5.94. The first kappa shape index (κ1) is 30.0. The summed E-state index contributed by atoms with van der Waals surface area (Å²) < 4.78 is 17.4. The lowest BCUT2D eigenvalue weighted by Gasteiger charge is -2.39. The van der Waals surface area contributed by atoms with Crippen LogP contribution in [0.3, 0.4) is 0 Å². The third-order valence-electron chi connectivity index (χ3n) is 8.54. The van der Waals surface area contributed by atoms with Crippen molar-refractivity contribution in [3.05, 3.63) is 59.2 Å². The molecule has 0 bridgehead atoms. The van der Waals surface area contributed by atoms with Gasteiger partial charge in [-0.05, 0) is 38.6 Å². The van der Waals surface area contributed by atoms with Crippen LogP contribution in [0.25, 0.3) is 10.8 Å². The van der Waals surface area contributed by atoms with Gasteiger partial charge < -0.3 is 28.9 Å². The molecule has 0 spiro atoms. The average molecular weight is 599 g/mol. The highest BCUT2D eigenvalue weighted by Crippen LogP contribution is 2.38. The van der Waals surface area contributed by atoms with Gasteiger partial charge in [-0.25, -0.2) is 4.79 Å². The molecule has 2 fully saturated rings. The van der Waals surface area contributed by atoms with Gasteiger partial charge in [0, 0.05) is 81.1 Å². The predicted molar refractivity (Wildman–Crippen MR) is 170 cm³/mol. The van der Waals surface area contributed by atoms with Gasteiger partial charge in [-0.1, -0.05) is 36.4 Å². The van der Waals surface area contributed by atoms with E-state index in [9.17, 15) is 10.1 Å². The van der Waals surface area contributed by atoms with Gasteiger partial charge in [-0.2, -0.15) is 10.2 Å². The fourth-order valence-electron chi connectivity index (χ4n) is 6.28. The Labute approximate surface area is 259 Å². The van der Waals surface area contributed by atoms with Crippen LogP contribution >= 0.6 is 0 Å². The van der Waals surface area contributed by atoms with Crippen LogP contribution in [-0.4, -0.2) is 98.7 Å². The van der Waals surface area contributed by atoms with Gasteiger partial charge in [0.1, 0.15) is 29.7 Å². The normalized spacial score (nSPS) is 17.7. The molecular formula is C34H42N6O4. The number of aromatic nitrogens is 1. The molecule has 0 N–H and O–H groups in total. The SMILES string of the molecule is CC(C)(C)OC(=O)N1CCN(c2nc(OCCN3CCOCC3)c(C#N)c3c2CCN(c2cccc4ccccc24)C3)CC1. The van der Waals surface area contributed by atoms with Crippen molar-refractivity contribution >= 4 is 28.4 Å². The molecule has 10 heteroatoms. The fourth-order valence-corrected chi connectivity index (χ4v) is 6.28. The van der Waals surface area contributed by atoms with Crippen molar-refractivity contribution in [1.29, 1.82) is 5.26 Å². The van der Waals surface area contributed by atoms with Crippen molar-refractivity contribution in [3.8, 4) is 11.9 Å². The van der Waals surface area contributed by atoms with Gasteiger partial charge >= 0.3 is 6.09 Å². The molecular weight excluding hydrogens is 556 g/mol. The average Bonchev–Trinajstić information content (AvgIpc) is 3.03. The van der Waals surface area contributed by atoms with Crippen LogP contribution < -0.4 is 14.5 Å². The molecule has 10 nitrogen and oxygen atoms in total. The number of nitriles is 1. The number of fused-ring (bicyclic) bond motifs is 2. The van der Waals surface area contributed by atoms with E-state index in [-0.39, 0.29) is 6.09 Å². The van der Waals surface area contributed by atoms with Crippen molar-refractivity contribution in [2.24, 2.45) is 0 Å². The fraction of sp³-hybridized carbons (Fsp3) is 0.500. The predicted octanol–water partition coefficient (Wildman–Crippen LogP) is 4.44. The number of pyridine rings is 1. The molecule has 6 rings (SSSR count). The number of piperazine rings is 1. The van der Waals surface area contributed by atoms with Crippen molar-refractivity contribution in [3.63, 3.8) is 0 Å². The van der Waals surface area contributed by atoms with E-state index in [0.717, 1.165) is 68.4 Å². The molecule has 3 aromatic rings. The van der Waals surface area contributed by atoms with Crippen LogP contribution in [0, 0.1) is 11.3 Å². The maximum Gasteiger partial charge on any atom is 0.410 e. The summed E-state index contributed by atoms with van der Waals surface area (Å²) in [6.07, 6.45) is 0.473. The first-order chi connectivity index (χ1) is 21.3. The number of carbonyl (C=O) groups is 1. The smallest absolute Gasteiger partial charge is 0.410 e. The Morgan fingerprint density at radius 2 is 1.70 bits per heavy atom. The maximum absolute atomic E-state index is 12.7. The summed E-state index contributed by atoms with van der Waals surface area (Å²) in [4.78, 5) is 26.4. The maximum atomic E-state index is 12.7. The summed E-state index contributed by atoms with van der Waals surface area (Å²) in [5.41, 5.74) is 3.22. The number of morpholine rings is 1. The zero-order chi connectivity index (χ0) is 30.7. The summed E-state index contributed by atoms with van der Waals surface area (Å²) in [5.74, 6) is 1.26. The highest BCUT2D eigenvalue weighted by atomic mass is 16.6. The molecule has 0 atom stereocenters. The molecule has 3 aliphatic rings. The van der Waals surface area contributed by atoms with Crippen LogP contribution in [-0.2, 0) is 22.4 Å². The minimum Gasteiger partial charge on any atom is -0.475 e. The number of amides is 1. The van der Waals surface area contributed by atoms with E-state index >= 15 is 0 Å². The van der Waals surface area contributed by atoms with Gasteiger partial charge in [0.2, 0.25) is 5.88 Å². The van der Waals surface area contributed by atoms with Crippen LogP contribution in [0.15, 0.2) is 42.5 Å². The second-order valence-corrected chi connectivity index (χ2v) is 12.6. The van der Waals surface area contributed by atoms with Crippen molar-refractivity contribution in [2.75, 3.05) is 82.0 Å². The zero-order valence-corrected chi connectivity index (χ0v) is 26.1. The lowest BCUT2D eigenvalue weighted by atomic mass is 9.94. The highest BCUT2D eigenvalue weighted by Gasteiger charge is 2.32. The number of nitrogens with zero attached hydrogens (tertiary/aromatic N) is 6. The summed E-state index contributed by atoms with van der Waals surface area (Å²) in [7, 11) is 0. The number of benzene rings is 2. The van der Waals surface area contributed by atoms with E-state index in [2.05, 4.69) is 63.2 Å². The Balaban J connectivity index is 1.29. The molecule has 1 amide bonds. The summed E-state index contributed by atoms with van der Waals surface area (Å²) in [6.45, 7) is 13.8. The van der Waals surface area contributed by atoms with Crippen LogP contribution in [0.4, 0.5) is 16.3 Å². The Bertz CT molecular complexity index is 1530. The Morgan fingerprint density at radius 1 is 0.955 bits per heavy atom. The van der Waals surface area contributed by atoms with Crippen molar-refractivity contribution < 1.29 is 19.0 Å². The lowest BCUT2D eigenvalue weighted by Crippen LogP contribution is -2.50. The molecule has 2 saturated heterocycles.